The highest BCUT2D eigenvalue weighted by Gasteiger charge is 2.37. The molecule has 0 spiro atoms. The van der Waals surface area contributed by atoms with E-state index in [9.17, 15) is 19.2 Å². The molecule has 0 radical (unpaired) electrons. The number of anilines is 1. The van der Waals surface area contributed by atoms with Crippen LogP contribution in [-0.2, 0) is 9.59 Å². The second-order valence-electron chi connectivity index (χ2n) is 7.55. The number of urea groups is 1. The van der Waals surface area contributed by atoms with Crippen molar-refractivity contribution in [1.29, 1.82) is 0 Å². The zero-order valence-electron chi connectivity index (χ0n) is 19.5. The predicted octanol–water partition coefficient (Wildman–Crippen LogP) is 3.98. The summed E-state index contributed by atoms with van der Waals surface area (Å²) in [6.45, 7) is 2.05. The second-order valence-corrected chi connectivity index (χ2v) is 7.55. The van der Waals surface area contributed by atoms with Gasteiger partial charge < -0.3 is 14.2 Å². The van der Waals surface area contributed by atoms with E-state index < -0.39 is 23.8 Å². The zero-order valence-corrected chi connectivity index (χ0v) is 19.5. The van der Waals surface area contributed by atoms with Gasteiger partial charge in [0.25, 0.3) is 11.8 Å². The summed E-state index contributed by atoms with van der Waals surface area (Å²) >= 11 is 0. The van der Waals surface area contributed by atoms with Gasteiger partial charge in [-0.15, -0.1) is 0 Å². The van der Waals surface area contributed by atoms with Crippen LogP contribution in [-0.4, -0.2) is 37.5 Å². The molecular weight excluding hydrogens is 464 g/mol. The molecule has 1 fully saturated rings. The fourth-order valence-corrected chi connectivity index (χ4v) is 3.51. The monoisotopic (exact) mass is 486 g/mol. The molecule has 1 aliphatic rings. The van der Waals surface area contributed by atoms with E-state index in [1.165, 1.54) is 31.4 Å². The van der Waals surface area contributed by atoms with Crippen LogP contribution in [0.3, 0.4) is 0 Å². The van der Waals surface area contributed by atoms with Crippen molar-refractivity contribution < 1.29 is 33.4 Å². The third-order valence-electron chi connectivity index (χ3n) is 5.20. The van der Waals surface area contributed by atoms with Gasteiger partial charge in [0.1, 0.15) is 11.3 Å². The predicted molar refractivity (Wildman–Crippen MR) is 131 cm³/mol. The minimum absolute atomic E-state index is 0.181. The van der Waals surface area contributed by atoms with E-state index in [0.717, 1.165) is 4.90 Å². The number of carbonyl (C=O) groups is 4. The van der Waals surface area contributed by atoms with Gasteiger partial charge in [0, 0.05) is 6.07 Å². The molecule has 0 bridgehead atoms. The van der Waals surface area contributed by atoms with Gasteiger partial charge in [-0.1, -0.05) is 30.3 Å². The van der Waals surface area contributed by atoms with Crippen LogP contribution < -0.4 is 24.4 Å². The molecule has 1 aliphatic heterocycles. The van der Waals surface area contributed by atoms with E-state index in [1.807, 2.05) is 0 Å². The lowest BCUT2D eigenvalue weighted by atomic mass is 10.1. The van der Waals surface area contributed by atoms with Crippen molar-refractivity contribution in [3.05, 3.63) is 89.5 Å². The Morgan fingerprint density at radius 1 is 0.944 bits per heavy atom. The van der Waals surface area contributed by atoms with Gasteiger partial charge in [-0.3, -0.25) is 14.9 Å². The zero-order chi connectivity index (χ0) is 25.7. The molecule has 9 nitrogen and oxygen atoms in total. The van der Waals surface area contributed by atoms with Crippen molar-refractivity contribution in [3.63, 3.8) is 0 Å². The fraction of sp³-hybridized carbons (Fsp3) is 0.111. The van der Waals surface area contributed by atoms with E-state index in [4.69, 9.17) is 14.2 Å². The number of hydrogen-bond acceptors (Lipinski definition) is 7. The van der Waals surface area contributed by atoms with Gasteiger partial charge in [-0.2, -0.15) is 0 Å². The highest BCUT2D eigenvalue weighted by Crippen LogP contribution is 2.31. The van der Waals surface area contributed by atoms with Crippen LogP contribution in [0.15, 0.2) is 78.4 Å². The molecule has 3 aromatic rings. The number of rotatable bonds is 7. The molecule has 9 heteroatoms. The van der Waals surface area contributed by atoms with Crippen molar-refractivity contribution in [2.45, 2.75) is 6.92 Å². The lowest BCUT2D eigenvalue weighted by molar-refractivity contribution is -0.122. The van der Waals surface area contributed by atoms with Gasteiger partial charge in [-0.05, 0) is 55.0 Å². The maximum absolute atomic E-state index is 13.2. The van der Waals surface area contributed by atoms with Crippen molar-refractivity contribution in [1.82, 2.24) is 5.32 Å². The highest BCUT2D eigenvalue weighted by atomic mass is 16.6. The largest absolute Gasteiger partial charge is 0.497 e. The molecule has 1 heterocycles. The van der Waals surface area contributed by atoms with Crippen LogP contribution in [0.2, 0.25) is 0 Å². The SMILES string of the molecule is CCOc1cc(/C=C2\C(=O)NC(=O)N(c3cccc(OC)c3)C2=O)ccc1OC(=O)c1ccccc1. The van der Waals surface area contributed by atoms with Gasteiger partial charge in [0.2, 0.25) is 0 Å². The third-order valence-corrected chi connectivity index (χ3v) is 5.20. The van der Waals surface area contributed by atoms with Crippen LogP contribution in [0.5, 0.6) is 17.2 Å². The first-order valence-electron chi connectivity index (χ1n) is 11.0. The number of barbiturate groups is 1. The molecule has 4 rings (SSSR count). The summed E-state index contributed by atoms with van der Waals surface area (Å²) in [5, 5.41) is 2.18. The molecule has 182 valence electrons. The highest BCUT2D eigenvalue weighted by molar-refractivity contribution is 6.39. The number of methoxy groups -OCH3 is 1. The number of esters is 1. The van der Waals surface area contributed by atoms with Crippen molar-refractivity contribution in [2.75, 3.05) is 18.6 Å². The maximum Gasteiger partial charge on any atom is 0.343 e. The van der Waals surface area contributed by atoms with Crippen LogP contribution in [0.1, 0.15) is 22.8 Å². The Morgan fingerprint density at radius 3 is 2.44 bits per heavy atom. The van der Waals surface area contributed by atoms with Crippen LogP contribution in [0.4, 0.5) is 10.5 Å². The lowest BCUT2D eigenvalue weighted by Gasteiger charge is -2.26. The number of imide groups is 2. The molecule has 0 aromatic heterocycles. The molecule has 36 heavy (non-hydrogen) atoms. The first-order chi connectivity index (χ1) is 17.4. The molecule has 0 unspecified atom stereocenters. The molecule has 0 aliphatic carbocycles. The van der Waals surface area contributed by atoms with Gasteiger partial charge in [-0.25, -0.2) is 14.5 Å². The first kappa shape index (κ1) is 24.2. The van der Waals surface area contributed by atoms with E-state index in [1.54, 1.807) is 61.5 Å². The number of carbonyl (C=O) groups excluding carboxylic acids is 4. The quantitative estimate of drug-likeness (QED) is 0.233. The van der Waals surface area contributed by atoms with Gasteiger partial charge >= 0.3 is 12.0 Å². The average molecular weight is 486 g/mol. The average Bonchev–Trinajstić information content (AvgIpc) is 2.88. The summed E-state index contributed by atoms with van der Waals surface area (Å²) in [5.74, 6) is -1.31. The Morgan fingerprint density at radius 2 is 1.72 bits per heavy atom. The Balaban J connectivity index is 1.65. The van der Waals surface area contributed by atoms with Gasteiger partial charge in [0.05, 0.1) is 25.0 Å². The summed E-state index contributed by atoms with van der Waals surface area (Å²) in [6.07, 6.45) is 1.34. The molecule has 0 atom stereocenters. The second kappa shape index (κ2) is 10.6. The Hall–Kier alpha value is -4.92. The number of nitrogens with one attached hydrogen (secondary N) is 1. The van der Waals surface area contributed by atoms with Crippen LogP contribution in [0, 0.1) is 0 Å². The topological polar surface area (TPSA) is 111 Å². The summed E-state index contributed by atoms with van der Waals surface area (Å²) in [7, 11) is 1.46. The van der Waals surface area contributed by atoms with Crippen molar-refractivity contribution >= 4 is 35.6 Å². The molecule has 4 amide bonds. The minimum Gasteiger partial charge on any atom is -0.497 e. The smallest absolute Gasteiger partial charge is 0.343 e. The fourth-order valence-electron chi connectivity index (χ4n) is 3.51. The van der Waals surface area contributed by atoms with Crippen molar-refractivity contribution in [3.8, 4) is 17.2 Å². The lowest BCUT2D eigenvalue weighted by Crippen LogP contribution is -2.54. The molecule has 3 aromatic carbocycles. The van der Waals surface area contributed by atoms with E-state index in [-0.39, 0.29) is 29.4 Å². The first-order valence-corrected chi connectivity index (χ1v) is 11.0. The van der Waals surface area contributed by atoms with Crippen LogP contribution in [0.25, 0.3) is 6.08 Å². The van der Waals surface area contributed by atoms with Gasteiger partial charge in [0.15, 0.2) is 11.5 Å². The number of hydrogen-bond donors (Lipinski definition) is 1. The molecule has 1 N–H and O–H groups in total. The van der Waals surface area contributed by atoms with Crippen LogP contribution >= 0.6 is 0 Å². The maximum atomic E-state index is 13.2. The summed E-state index contributed by atoms with van der Waals surface area (Å²) in [6, 6.07) is 18.6. The number of ether oxygens (including phenoxy) is 3. The number of amides is 4. The standard InChI is InChI=1S/C27H22N2O7/c1-3-35-23-15-17(12-13-22(23)36-26(32)18-8-5-4-6-9-18)14-21-24(30)28-27(33)29(25(21)31)19-10-7-11-20(16-19)34-2/h4-16H,3H2,1-2H3,(H,28,30,33)/b21-14+. The minimum atomic E-state index is -0.867. The number of benzene rings is 3. The third kappa shape index (κ3) is 5.10. The Bertz CT molecular complexity index is 1370. The number of nitrogens with zero attached hydrogens (tertiary/aromatic N) is 1. The molecule has 0 saturated carbocycles. The summed E-state index contributed by atoms with van der Waals surface area (Å²) in [5.41, 5.74) is 0.789. The Kier molecular flexibility index (Phi) is 7.10. The summed E-state index contributed by atoms with van der Waals surface area (Å²) in [4.78, 5) is 51.5. The van der Waals surface area contributed by atoms with E-state index in [0.29, 0.717) is 16.9 Å². The normalized spacial score (nSPS) is 14.4. The molecular formula is C27H22N2O7. The van der Waals surface area contributed by atoms with E-state index in [2.05, 4.69) is 5.32 Å². The summed E-state index contributed by atoms with van der Waals surface area (Å²) < 4.78 is 16.3. The van der Waals surface area contributed by atoms with E-state index >= 15 is 0 Å². The molecule has 1 saturated heterocycles. The van der Waals surface area contributed by atoms with Crippen molar-refractivity contribution in [2.24, 2.45) is 0 Å². The Labute approximate surface area is 206 Å².